The highest BCUT2D eigenvalue weighted by Gasteiger charge is 2.08. The molecule has 0 aliphatic carbocycles. The first-order chi connectivity index (χ1) is 7.52. The van der Waals surface area contributed by atoms with Gasteiger partial charge in [-0.25, -0.2) is 9.59 Å². The van der Waals surface area contributed by atoms with Crippen molar-refractivity contribution in [3.63, 3.8) is 0 Å². The highest BCUT2D eigenvalue weighted by Crippen LogP contribution is 2.01. The van der Waals surface area contributed by atoms with Gasteiger partial charge in [-0.15, -0.1) is 0 Å². The van der Waals surface area contributed by atoms with E-state index in [9.17, 15) is 14.4 Å². The lowest BCUT2D eigenvalue weighted by molar-refractivity contribution is -0.137. The van der Waals surface area contributed by atoms with Crippen molar-refractivity contribution in [2.75, 3.05) is 19.8 Å². The summed E-state index contributed by atoms with van der Waals surface area (Å²) in [6, 6.07) is 0. The first kappa shape index (κ1) is 14.0. The van der Waals surface area contributed by atoms with Gasteiger partial charge in [0.2, 0.25) is 0 Å². The molecule has 0 amide bonds. The summed E-state index contributed by atoms with van der Waals surface area (Å²) < 4.78 is 12.4. The normalized spacial score (nSPS) is 13.1. The molecule has 0 radical (unpaired) electrons. The van der Waals surface area contributed by atoms with Crippen molar-refractivity contribution in [3.8, 4) is 0 Å². The Balaban J connectivity index is 0.000000315. The van der Waals surface area contributed by atoms with Crippen molar-refractivity contribution in [3.05, 3.63) is 0 Å². The minimum Gasteiger partial charge on any atom is -0.466 e. The van der Waals surface area contributed by atoms with Gasteiger partial charge in [0.15, 0.2) is 0 Å². The van der Waals surface area contributed by atoms with Gasteiger partial charge in [-0.05, 0) is 6.42 Å². The minimum absolute atomic E-state index is 0.0463. The van der Waals surface area contributed by atoms with Crippen LogP contribution in [0.3, 0.4) is 0 Å². The third-order valence-electron chi connectivity index (χ3n) is 1.32. The predicted octanol–water partition coefficient (Wildman–Crippen LogP) is 0.699. The average molecular weight is 236 g/mol. The van der Waals surface area contributed by atoms with Crippen LogP contribution in [0.15, 0.2) is 0 Å². The summed E-state index contributed by atoms with van der Waals surface area (Å²) in [6.45, 7) is 0.0854. The Bertz CT molecular complexity index is 224. The van der Waals surface area contributed by atoms with Crippen LogP contribution in [0.5, 0.6) is 0 Å². The van der Waals surface area contributed by atoms with Gasteiger partial charge in [0.1, 0.15) is 13.2 Å². The molecule has 0 saturated carbocycles. The fourth-order valence-corrected chi connectivity index (χ4v) is 0.733. The largest absolute Gasteiger partial charge is 0.505 e. The van der Waals surface area contributed by atoms with Crippen LogP contribution in [0, 0.1) is 0 Å². The highest BCUT2D eigenvalue weighted by atomic mass is 16.7. The lowest BCUT2D eigenvalue weighted by Gasteiger charge is -1.98. The van der Waals surface area contributed by atoms with Crippen molar-refractivity contribution >= 4 is 18.3 Å². The van der Waals surface area contributed by atoms with Gasteiger partial charge in [0.05, 0.1) is 6.61 Å². The standard InChI is InChI=1S/C4H6O6.C4H6O2/c5-3(6)9-1-2-10-4(7)8;5-4-2-1-3-6-4/h1-2H2,(H,5,6)(H,7,8);1-3H2. The van der Waals surface area contributed by atoms with E-state index in [4.69, 9.17) is 10.2 Å². The molecular formula is C8H12O8. The van der Waals surface area contributed by atoms with Gasteiger partial charge in [0.25, 0.3) is 0 Å². The number of carboxylic acid groups (broad SMARTS) is 2. The van der Waals surface area contributed by atoms with Gasteiger partial charge >= 0.3 is 18.3 Å². The number of esters is 1. The van der Waals surface area contributed by atoms with Gasteiger partial charge in [-0.1, -0.05) is 0 Å². The Morgan fingerprint density at radius 2 is 1.69 bits per heavy atom. The van der Waals surface area contributed by atoms with E-state index in [1.165, 1.54) is 0 Å². The molecule has 0 atom stereocenters. The van der Waals surface area contributed by atoms with E-state index >= 15 is 0 Å². The highest BCUT2D eigenvalue weighted by molar-refractivity contribution is 5.70. The maximum absolute atomic E-state index is 10.0. The van der Waals surface area contributed by atoms with Crippen molar-refractivity contribution in [1.82, 2.24) is 0 Å². The first-order valence-corrected chi connectivity index (χ1v) is 4.39. The molecule has 1 rings (SSSR count). The van der Waals surface area contributed by atoms with E-state index in [2.05, 4.69) is 14.2 Å². The lowest BCUT2D eigenvalue weighted by atomic mass is 10.4. The van der Waals surface area contributed by atoms with Crippen molar-refractivity contribution < 1.29 is 38.8 Å². The van der Waals surface area contributed by atoms with E-state index < -0.39 is 12.3 Å². The summed E-state index contributed by atoms with van der Waals surface area (Å²) in [5.74, 6) is -0.0463. The van der Waals surface area contributed by atoms with Crippen LogP contribution < -0.4 is 0 Å². The summed E-state index contributed by atoms with van der Waals surface area (Å²) >= 11 is 0. The predicted molar refractivity (Wildman–Crippen MR) is 48.1 cm³/mol. The number of cyclic esters (lactones) is 1. The van der Waals surface area contributed by atoms with Crippen molar-refractivity contribution in [1.29, 1.82) is 0 Å². The molecule has 8 nitrogen and oxygen atoms in total. The molecule has 0 aromatic heterocycles. The molecule has 1 aliphatic rings. The number of rotatable bonds is 3. The second-order valence-electron chi connectivity index (χ2n) is 2.55. The quantitative estimate of drug-likeness (QED) is 0.417. The fourth-order valence-electron chi connectivity index (χ4n) is 0.733. The summed E-state index contributed by atoms with van der Waals surface area (Å²) in [5, 5.41) is 15.7. The molecule has 92 valence electrons. The molecule has 1 heterocycles. The van der Waals surface area contributed by atoms with Crippen LogP contribution in [0.25, 0.3) is 0 Å². The van der Waals surface area contributed by atoms with Gasteiger partial charge in [0, 0.05) is 6.42 Å². The molecule has 1 fully saturated rings. The Labute approximate surface area is 90.7 Å². The van der Waals surface area contributed by atoms with Crippen LogP contribution in [0.1, 0.15) is 12.8 Å². The van der Waals surface area contributed by atoms with E-state index in [-0.39, 0.29) is 19.2 Å². The van der Waals surface area contributed by atoms with Gasteiger partial charge in [-0.3, -0.25) is 4.79 Å². The van der Waals surface area contributed by atoms with Crippen LogP contribution in [0.4, 0.5) is 9.59 Å². The Morgan fingerprint density at radius 3 is 1.88 bits per heavy atom. The Kier molecular flexibility index (Phi) is 7.29. The monoisotopic (exact) mass is 236 g/mol. The molecule has 0 spiro atoms. The zero-order valence-electron chi connectivity index (χ0n) is 8.38. The fraction of sp³-hybridized carbons (Fsp3) is 0.625. The molecule has 16 heavy (non-hydrogen) atoms. The number of ether oxygens (including phenoxy) is 3. The van der Waals surface area contributed by atoms with Gasteiger partial charge < -0.3 is 24.4 Å². The second-order valence-corrected chi connectivity index (χ2v) is 2.55. The zero-order valence-corrected chi connectivity index (χ0v) is 8.38. The number of hydrogen-bond donors (Lipinski definition) is 2. The maximum Gasteiger partial charge on any atom is 0.505 e. The SMILES string of the molecule is O=C(O)OCCOC(=O)O.O=C1CCCO1. The number of carbonyl (C=O) groups excluding carboxylic acids is 1. The number of carbonyl (C=O) groups is 3. The zero-order chi connectivity index (χ0) is 12.4. The number of hydrogen-bond acceptors (Lipinski definition) is 6. The summed E-state index contributed by atoms with van der Waals surface area (Å²) in [5.41, 5.74) is 0. The van der Waals surface area contributed by atoms with Crippen LogP contribution in [-0.4, -0.2) is 48.3 Å². The van der Waals surface area contributed by atoms with Crippen LogP contribution in [0.2, 0.25) is 0 Å². The molecule has 0 unspecified atom stereocenters. The van der Waals surface area contributed by atoms with E-state index in [1.807, 2.05) is 0 Å². The smallest absolute Gasteiger partial charge is 0.466 e. The van der Waals surface area contributed by atoms with E-state index in [0.717, 1.165) is 6.42 Å². The topological polar surface area (TPSA) is 119 Å². The van der Waals surface area contributed by atoms with Crippen molar-refractivity contribution in [2.24, 2.45) is 0 Å². The van der Waals surface area contributed by atoms with Crippen LogP contribution >= 0.6 is 0 Å². The Morgan fingerprint density at radius 1 is 1.19 bits per heavy atom. The molecule has 0 bridgehead atoms. The molecule has 1 saturated heterocycles. The maximum atomic E-state index is 10.0. The molecule has 8 heteroatoms. The third kappa shape index (κ3) is 10.1. The molecular weight excluding hydrogens is 224 g/mol. The van der Waals surface area contributed by atoms with Crippen molar-refractivity contribution in [2.45, 2.75) is 12.8 Å². The third-order valence-corrected chi connectivity index (χ3v) is 1.32. The molecule has 0 aromatic rings. The lowest BCUT2D eigenvalue weighted by Crippen LogP contribution is -2.10. The molecule has 1 aliphatic heterocycles. The van der Waals surface area contributed by atoms with E-state index in [0.29, 0.717) is 13.0 Å². The van der Waals surface area contributed by atoms with E-state index in [1.54, 1.807) is 0 Å². The van der Waals surface area contributed by atoms with Gasteiger partial charge in [-0.2, -0.15) is 0 Å². The summed E-state index contributed by atoms with van der Waals surface area (Å²) in [6.07, 6.45) is -1.36. The molecule has 0 aromatic carbocycles. The van der Waals surface area contributed by atoms with Crippen LogP contribution in [-0.2, 0) is 19.0 Å². The summed E-state index contributed by atoms with van der Waals surface area (Å²) in [7, 11) is 0. The first-order valence-electron chi connectivity index (χ1n) is 4.39. The second kappa shape index (κ2) is 8.33. The minimum atomic E-state index is -1.45. The summed E-state index contributed by atoms with van der Waals surface area (Å²) in [4.78, 5) is 29.3. The average Bonchev–Trinajstić information content (AvgIpc) is 2.64. The Hall–Kier alpha value is -1.99. The molecule has 2 N–H and O–H groups in total.